The molecule has 0 amide bonds. The molecular weight excluding hydrogens is 236 g/mol. The fourth-order valence-corrected chi connectivity index (χ4v) is 1.61. The van der Waals surface area contributed by atoms with Gasteiger partial charge >= 0.3 is 0 Å². The van der Waals surface area contributed by atoms with Gasteiger partial charge in [-0.1, -0.05) is 23.8 Å². The standard InChI is InChI=1S/C12H13ClN4/c1-8-5-4-6-9(7-8)10-14-11(13)16-12(15-10)17(2)3/h4-7H,1-3H3. The number of benzene rings is 1. The molecule has 0 saturated heterocycles. The minimum atomic E-state index is 0.209. The Bertz CT molecular complexity index is 540. The third-order valence-corrected chi connectivity index (χ3v) is 2.44. The summed E-state index contributed by atoms with van der Waals surface area (Å²) < 4.78 is 0. The molecular formula is C12H13ClN4. The molecule has 1 aromatic carbocycles. The lowest BCUT2D eigenvalue weighted by molar-refractivity contribution is 0.961. The number of aromatic nitrogens is 3. The van der Waals surface area contributed by atoms with Gasteiger partial charge in [0.05, 0.1) is 0 Å². The van der Waals surface area contributed by atoms with E-state index in [2.05, 4.69) is 15.0 Å². The van der Waals surface area contributed by atoms with Gasteiger partial charge in [-0.25, -0.2) is 0 Å². The zero-order valence-corrected chi connectivity index (χ0v) is 10.7. The summed E-state index contributed by atoms with van der Waals surface area (Å²) in [5.74, 6) is 1.15. The molecule has 0 radical (unpaired) electrons. The SMILES string of the molecule is Cc1cccc(-c2nc(Cl)nc(N(C)C)n2)c1. The van der Waals surface area contributed by atoms with Gasteiger partial charge in [-0.3, -0.25) is 0 Å². The Hall–Kier alpha value is -1.68. The van der Waals surface area contributed by atoms with Gasteiger partial charge in [-0.2, -0.15) is 15.0 Å². The number of hydrogen-bond donors (Lipinski definition) is 0. The molecule has 4 nitrogen and oxygen atoms in total. The van der Waals surface area contributed by atoms with Crippen molar-refractivity contribution in [1.29, 1.82) is 0 Å². The van der Waals surface area contributed by atoms with Crippen LogP contribution >= 0.6 is 11.6 Å². The van der Waals surface area contributed by atoms with E-state index in [9.17, 15) is 0 Å². The zero-order chi connectivity index (χ0) is 12.4. The van der Waals surface area contributed by atoms with Crippen molar-refractivity contribution < 1.29 is 0 Å². The molecule has 0 aliphatic heterocycles. The van der Waals surface area contributed by atoms with E-state index in [0.29, 0.717) is 11.8 Å². The molecule has 2 aromatic rings. The highest BCUT2D eigenvalue weighted by Gasteiger charge is 2.08. The van der Waals surface area contributed by atoms with E-state index in [1.165, 1.54) is 0 Å². The van der Waals surface area contributed by atoms with E-state index < -0.39 is 0 Å². The smallest absolute Gasteiger partial charge is 0.229 e. The summed E-state index contributed by atoms with van der Waals surface area (Å²) in [6.07, 6.45) is 0. The molecule has 0 atom stereocenters. The van der Waals surface area contributed by atoms with Crippen LogP contribution in [0.3, 0.4) is 0 Å². The highest BCUT2D eigenvalue weighted by atomic mass is 35.5. The van der Waals surface area contributed by atoms with E-state index in [1.54, 1.807) is 4.90 Å². The summed E-state index contributed by atoms with van der Waals surface area (Å²) in [7, 11) is 3.73. The van der Waals surface area contributed by atoms with Crippen LogP contribution in [0.5, 0.6) is 0 Å². The molecule has 0 aliphatic rings. The summed E-state index contributed by atoms with van der Waals surface area (Å²) in [4.78, 5) is 14.4. The molecule has 2 rings (SSSR count). The van der Waals surface area contributed by atoms with Crippen LogP contribution in [0.15, 0.2) is 24.3 Å². The van der Waals surface area contributed by atoms with Crippen molar-refractivity contribution in [3.63, 3.8) is 0 Å². The predicted octanol–water partition coefficient (Wildman–Crippen LogP) is 2.57. The molecule has 0 fully saturated rings. The van der Waals surface area contributed by atoms with Crippen molar-refractivity contribution in [2.75, 3.05) is 19.0 Å². The average molecular weight is 249 g/mol. The van der Waals surface area contributed by atoms with Crippen molar-refractivity contribution in [2.45, 2.75) is 6.92 Å². The first-order valence-corrected chi connectivity index (χ1v) is 5.60. The lowest BCUT2D eigenvalue weighted by atomic mass is 10.1. The Labute approximate surface area is 105 Å². The van der Waals surface area contributed by atoms with Gasteiger partial charge in [0, 0.05) is 19.7 Å². The summed E-state index contributed by atoms with van der Waals surface area (Å²) in [6.45, 7) is 2.03. The summed E-state index contributed by atoms with van der Waals surface area (Å²) in [5, 5.41) is 0.209. The number of hydrogen-bond acceptors (Lipinski definition) is 4. The molecule has 0 unspecified atom stereocenters. The Morgan fingerprint density at radius 3 is 2.53 bits per heavy atom. The van der Waals surface area contributed by atoms with Crippen LogP contribution in [0.25, 0.3) is 11.4 Å². The fourth-order valence-electron chi connectivity index (χ4n) is 1.45. The van der Waals surface area contributed by atoms with Gasteiger partial charge in [0.25, 0.3) is 0 Å². The third kappa shape index (κ3) is 2.71. The number of nitrogens with zero attached hydrogens (tertiary/aromatic N) is 4. The second-order valence-corrected chi connectivity index (χ2v) is 4.33. The Balaban J connectivity index is 2.52. The van der Waals surface area contributed by atoms with Crippen LogP contribution in [0.4, 0.5) is 5.95 Å². The maximum absolute atomic E-state index is 5.89. The van der Waals surface area contributed by atoms with Crippen LogP contribution in [-0.2, 0) is 0 Å². The molecule has 17 heavy (non-hydrogen) atoms. The van der Waals surface area contributed by atoms with Gasteiger partial charge in [0.1, 0.15) is 0 Å². The summed E-state index contributed by atoms with van der Waals surface area (Å²) in [5.41, 5.74) is 2.10. The molecule has 88 valence electrons. The van der Waals surface area contributed by atoms with E-state index in [4.69, 9.17) is 11.6 Å². The Kier molecular flexibility index (Phi) is 3.24. The number of rotatable bonds is 2. The second-order valence-electron chi connectivity index (χ2n) is 3.99. The summed E-state index contributed by atoms with van der Waals surface area (Å²) >= 11 is 5.89. The molecule has 0 bridgehead atoms. The highest BCUT2D eigenvalue weighted by molar-refractivity contribution is 6.28. The number of halogens is 1. The predicted molar refractivity (Wildman–Crippen MR) is 69.3 cm³/mol. The quantitative estimate of drug-likeness (QED) is 0.819. The third-order valence-electron chi connectivity index (χ3n) is 2.27. The maximum atomic E-state index is 5.89. The van der Waals surface area contributed by atoms with Crippen molar-refractivity contribution in [2.24, 2.45) is 0 Å². The monoisotopic (exact) mass is 248 g/mol. The van der Waals surface area contributed by atoms with Gasteiger partial charge in [-0.15, -0.1) is 0 Å². The largest absolute Gasteiger partial charge is 0.347 e. The molecule has 1 aromatic heterocycles. The molecule has 5 heteroatoms. The van der Waals surface area contributed by atoms with Crippen LogP contribution in [-0.4, -0.2) is 29.0 Å². The minimum Gasteiger partial charge on any atom is -0.347 e. The van der Waals surface area contributed by atoms with Gasteiger partial charge < -0.3 is 4.90 Å². The van der Waals surface area contributed by atoms with Crippen molar-refractivity contribution in [3.05, 3.63) is 35.1 Å². The van der Waals surface area contributed by atoms with E-state index >= 15 is 0 Å². The minimum absolute atomic E-state index is 0.209. The fraction of sp³-hybridized carbons (Fsp3) is 0.250. The molecule has 0 aliphatic carbocycles. The van der Waals surface area contributed by atoms with Crippen LogP contribution in [0, 0.1) is 6.92 Å². The molecule has 0 N–H and O–H groups in total. The lowest BCUT2D eigenvalue weighted by Gasteiger charge is -2.11. The maximum Gasteiger partial charge on any atom is 0.229 e. The van der Waals surface area contributed by atoms with Crippen molar-refractivity contribution in [1.82, 2.24) is 15.0 Å². The van der Waals surface area contributed by atoms with E-state index in [-0.39, 0.29) is 5.28 Å². The van der Waals surface area contributed by atoms with Crippen LogP contribution in [0.2, 0.25) is 5.28 Å². The summed E-state index contributed by atoms with van der Waals surface area (Å²) in [6, 6.07) is 7.97. The van der Waals surface area contributed by atoms with Gasteiger partial charge in [0.2, 0.25) is 11.2 Å². The van der Waals surface area contributed by atoms with Crippen molar-refractivity contribution in [3.8, 4) is 11.4 Å². The van der Waals surface area contributed by atoms with Crippen LogP contribution < -0.4 is 4.90 Å². The first-order valence-electron chi connectivity index (χ1n) is 5.22. The van der Waals surface area contributed by atoms with Gasteiger partial charge in [-0.05, 0) is 24.6 Å². The molecule has 0 spiro atoms. The zero-order valence-electron chi connectivity index (χ0n) is 9.98. The first-order chi connectivity index (χ1) is 8.06. The van der Waals surface area contributed by atoms with E-state index in [0.717, 1.165) is 11.1 Å². The number of anilines is 1. The first kappa shape index (κ1) is 11.8. The Morgan fingerprint density at radius 1 is 1.12 bits per heavy atom. The molecule has 0 saturated carbocycles. The van der Waals surface area contributed by atoms with Crippen LogP contribution in [0.1, 0.15) is 5.56 Å². The number of aryl methyl sites for hydroxylation is 1. The average Bonchev–Trinajstić information content (AvgIpc) is 2.28. The molecule has 1 heterocycles. The highest BCUT2D eigenvalue weighted by Crippen LogP contribution is 2.19. The van der Waals surface area contributed by atoms with Crippen molar-refractivity contribution >= 4 is 17.5 Å². The lowest BCUT2D eigenvalue weighted by Crippen LogP contribution is -2.13. The van der Waals surface area contributed by atoms with Gasteiger partial charge in [0.15, 0.2) is 5.82 Å². The normalized spacial score (nSPS) is 10.4. The second kappa shape index (κ2) is 4.67. The van der Waals surface area contributed by atoms with E-state index in [1.807, 2.05) is 45.3 Å². The topological polar surface area (TPSA) is 41.9 Å². The Morgan fingerprint density at radius 2 is 1.88 bits per heavy atom.